The number of benzene rings is 1. The Morgan fingerprint density at radius 1 is 1.35 bits per heavy atom. The van der Waals surface area contributed by atoms with Crippen molar-refractivity contribution in [1.82, 2.24) is 15.1 Å². The molecule has 2 heterocycles. The summed E-state index contributed by atoms with van der Waals surface area (Å²) in [5, 5.41) is 7.36. The fourth-order valence-electron chi connectivity index (χ4n) is 2.91. The molecule has 1 aromatic carbocycles. The molecule has 1 aliphatic heterocycles. The molecule has 4 nitrogen and oxygen atoms in total. The Hall–Kier alpha value is -2.10. The fraction of sp³-hybridized carbons (Fsp3) is 0.375. The molecule has 0 spiro atoms. The van der Waals surface area contributed by atoms with Crippen LogP contribution in [0, 0.1) is 6.92 Å². The topological polar surface area (TPSA) is 49.0 Å². The smallest absolute Gasteiger partial charge is 0.209 e. The summed E-state index contributed by atoms with van der Waals surface area (Å²) in [4.78, 5) is 12.8. The van der Waals surface area contributed by atoms with Crippen molar-refractivity contribution in [3.63, 3.8) is 0 Å². The van der Waals surface area contributed by atoms with Crippen LogP contribution >= 0.6 is 0 Å². The van der Waals surface area contributed by atoms with Crippen molar-refractivity contribution < 1.29 is 4.79 Å². The highest BCUT2D eigenvalue weighted by molar-refractivity contribution is 5.66. The number of likely N-dealkylation sites (tertiary alicyclic amines) is 1. The first-order valence-electron chi connectivity index (χ1n) is 7.07. The first-order chi connectivity index (χ1) is 9.78. The van der Waals surface area contributed by atoms with Gasteiger partial charge in [0.1, 0.15) is 0 Å². The first-order valence-corrected chi connectivity index (χ1v) is 7.07. The lowest BCUT2D eigenvalue weighted by Crippen LogP contribution is -2.33. The van der Waals surface area contributed by atoms with Crippen LogP contribution in [0.1, 0.15) is 30.0 Å². The van der Waals surface area contributed by atoms with E-state index in [1.165, 1.54) is 11.1 Å². The Morgan fingerprint density at radius 2 is 2.15 bits per heavy atom. The number of hydrogen-bond acceptors (Lipinski definition) is 2. The summed E-state index contributed by atoms with van der Waals surface area (Å²) < 4.78 is 0. The molecule has 4 heteroatoms. The Labute approximate surface area is 118 Å². The van der Waals surface area contributed by atoms with Gasteiger partial charge in [-0.15, -0.1) is 0 Å². The summed E-state index contributed by atoms with van der Waals surface area (Å²) in [5.41, 5.74) is 4.74. The average Bonchev–Trinajstić information content (AvgIpc) is 2.97. The summed E-state index contributed by atoms with van der Waals surface area (Å²) in [7, 11) is 0. The van der Waals surface area contributed by atoms with Gasteiger partial charge in [-0.05, 0) is 25.3 Å². The van der Waals surface area contributed by atoms with Gasteiger partial charge in [0, 0.05) is 30.3 Å². The van der Waals surface area contributed by atoms with Crippen molar-refractivity contribution in [1.29, 1.82) is 0 Å². The lowest BCUT2D eigenvalue weighted by Gasteiger charge is -2.29. The molecule has 1 fully saturated rings. The van der Waals surface area contributed by atoms with E-state index in [1.807, 2.05) is 11.1 Å². The molecule has 0 saturated carbocycles. The molecule has 1 aromatic heterocycles. The minimum Gasteiger partial charge on any atom is -0.345 e. The fourth-order valence-corrected chi connectivity index (χ4v) is 2.91. The second-order valence-electron chi connectivity index (χ2n) is 5.50. The van der Waals surface area contributed by atoms with E-state index in [9.17, 15) is 4.79 Å². The van der Waals surface area contributed by atoms with E-state index >= 15 is 0 Å². The second kappa shape index (κ2) is 5.49. The highest BCUT2D eigenvalue weighted by Gasteiger charge is 2.24. The average molecular weight is 269 g/mol. The minimum absolute atomic E-state index is 0.354. The highest BCUT2D eigenvalue weighted by atomic mass is 16.1. The predicted octanol–water partition coefficient (Wildman–Crippen LogP) is 2.72. The third kappa shape index (κ3) is 2.46. The van der Waals surface area contributed by atoms with Crippen LogP contribution < -0.4 is 0 Å². The van der Waals surface area contributed by atoms with Crippen molar-refractivity contribution in [3.05, 3.63) is 41.7 Å². The Kier molecular flexibility index (Phi) is 3.54. The first kappa shape index (κ1) is 12.9. The number of piperidine rings is 1. The zero-order valence-corrected chi connectivity index (χ0v) is 11.7. The number of aromatic amines is 1. The largest absolute Gasteiger partial charge is 0.345 e. The predicted molar refractivity (Wildman–Crippen MR) is 78.4 cm³/mol. The van der Waals surface area contributed by atoms with Crippen LogP contribution in [-0.4, -0.2) is 34.6 Å². The van der Waals surface area contributed by atoms with Gasteiger partial charge < -0.3 is 4.90 Å². The number of carbonyl (C=O) groups excluding carboxylic acids is 1. The lowest BCUT2D eigenvalue weighted by molar-refractivity contribution is -0.119. The summed E-state index contributed by atoms with van der Waals surface area (Å²) in [6, 6.07) is 8.49. The molecule has 20 heavy (non-hydrogen) atoms. The summed E-state index contributed by atoms with van der Waals surface area (Å²) >= 11 is 0. The van der Waals surface area contributed by atoms with Crippen LogP contribution in [0.2, 0.25) is 0 Å². The van der Waals surface area contributed by atoms with E-state index in [1.54, 1.807) is 0 Å². The molecule has 0 bridgehead atoms. The molecular formula is C16H19N3O. The number of aromatic nitrogens is 2. The van der Waals surface area contributed by atoms with Gasteiger partial charge in [0.2, 0.25) is 6.41 Å². The third-order valence-corrected chi connectivity index (χ3v) is 4.04. The summed E-state index contributed by atoms with van der Waals surface area (Å²) in [6.07, 6.45) is 5.00. The van der Waals surface area contributed by atoms with Gasteiger partial charge >= 0.3 is 0 Å². The monoisotopic (exact) mass is 269 g/mol. The van der Waals surface area contributed by atoms with Crippen LogP contribution in [0.4, 0.5) is 0 Å². The molecule has 1 amide bonds. The van der Waals surface area contributed by atoms with Crippen LogP contribution in [0.5, 0.6) is 0 Å². The number of amides is 1. The Balaban J connectivity index is 1.89. The van der Waals surface area contributed by atoms with Gasteiger partial charge in [-0.1, -0.05) is 29.8 Å². The van der Waals surface area contributed by atoms with Crippen molar-refractivity contribution in [2.45, 2.75) is 25.7 Å². The van der Waals surface area contributed by atoms with Gasteiger partial charge in [-0.2, -0.15) is 5.10 Å². The number of aryl methyl sites for hydroxylation is 1. The van der Waals surface area contributed by atoms with Crippen LogP contribution in [0.25, 0.3) is 11.1 Å². The van der Waals surface area contributed by atoms with Crippen LogP contribution in [0.15, 0.2) is 30.5 Å². The van der Waals surface area contributed by atoms with Crippen molar-refractivity contribution >= 4 is 6.41 Å². The molecular weight excluding hydrogens is 250 g/mol. The van der Waals surface area contributed by atoms with Gasteiger partial charge in [-0.3, -0.25) is 9.89 Å². The summed E-state index contributed by atoms with van der Waals surface area (Å²) in [6.45, 7) is 3.74. The lowest BCUT2D eigenvalue weighted by atomic mass is 9.90. The maximum Gasteiger partial charge on any atom is 0.209 e. The summed E-state index contributed by atoms with van der Waals surface area (Å²) in [5.74, 6) is 0.354. The molecule has 1 atom stereocenters. The maximum absolute atomic E-state index is 11.0. The van der Waals surface area contributed by atoms with E-state index < -0.39 is 0 Å². The van der Waals surface area contributed by atoms with Crippen molar-refractivity contribution in [3.8, 4) is 11.1 Å². The normalized spacial score (nSPS) is 19.1. The van der Waals surface area contributed by atoms with E-state index in [0.29, 0.717) is 5.92 Å². The number of rotatable bonds is 3. The molecule has 1 N–H and O–H groups in total. The molecule has 1 aliphatic rings. The molecule has 2 aromatic rings. The standard InChI is InChI=1S/C16H19N3O/c1-12-4-6-13(7-5-12)15-9-17-18-16(15)14-3-2-8-19(10-14)11-20/h4-7,9,11,14H,2-3,8,10H2,1H3,(H,17,18). The number of nitrogens with zero attached hydrogens (tertiary/aromatic N) is 2. The van der Waals surface area contributed by atoms with Crippen LogP contribution in [0.3, 0.4) is 0 Å². The number of carbonyl (C=O) groups is 1. The number of nitrogens with one attached hydrogen (secondary N) is 1. The molecule has 1 saturated heterocycles. The van der Waals surface area contributed by atoms with Crippen LogP contribution in [-0.2, 0) is 4.79 Å². The van der Waals surface area contributed by atoms with E-state index in [0.717, 1.165) is 43.6 Å². The molecule has 1 unspecified atom stereocenters. The third-order valence-electron chi connectivity index (χ3n) is 4.04. The Bertz CT molecular complexity index is 588. The molecule has 0 radical (unpaired) electrons. The van der Waals surface area contributed by atoms with E-state index in [-0.39, 0.29) is 0 Å². The zero-order valence-electron chi connectivity index (χ0n) is 11.7. The Morgan fingerprint density at radius 3 is 2.90 bits per heavy atom. The van der Waals surface area contributed by atoms with Gasteiger partial charge in [0.15, 0.2) is 0 Å². The maximum atomic E-state index is 11.0. The molecule has 104 valence electrons. The van der Waals surface area contributed by atoms with Gasteiger partial charge in [0.05, 0.1) is 6.20 Å². The van der Waals surface area contributed by atoms with Crippen molar-refractivity contribution in [2.75, 3.05) is 13.1 Å². The van der Waals surface area contributed by atoms with E-state index in [2.05, 4.69) is 41.4 Å². The second-order valence-corrected chi connectivity index (χ2v) is 5.50. The van der Waals surface area contributed by atoms with Gasteiger partial charge in [-0.25, -0.2) is 0 Å². The zero-order chi connectivity index (χ0) is 13.9. The number of hydrogen-bond donors (Lipinski definition) is 1. The molecule has 3 rings (SSSR count). The van der Waals surface area contributed by atoms with Gasteiger partial charge in [0.25, 0.3) is 0 Å². The van der Waals surface area contributed by atoms with E-state index in [4.69, 9.17) is 0 Å². The van der Waals surface area contributed by atoms with Crippen molar-refractivity contribution in [2.24, 2.45) is 0 Å². The number of H-pyrrole nitrogens is 1. The minimum atomic E-state index is 0.354. The SMILES string of the molecule is Cc1ccc(-c2cn[nH]c2C2CCCN(C=O)C2)cc1. The molecule has 0 aliphatic carbocycles. The highest BCUT2D eigenvalue weighted by Crippen LogP contribution is 2.32. The quantitative estimate of drug-likeness (QED) is 0.871.